The van der Waals surface area contributed by atoms with Crippen molar-refractivity contribution in [2.45, 2.75) is 11.6 Å². The van der Waals surface area contributed by atoms with Crippen molar-refractivity contribution in [2.24, 2.45) is 0 Å². The van der Waals surface area contributed by atoms with Crippen LogP contribution in [-0.4, -0.2) is 38.5 Å². The number of nitrogens with one attached hydrogen (secondary N) is 1. The Labute approximate surface area is 144 Å². The first-order valence-corrected chi connectivity index (χ1v) is 8.72. The highest BCUT2D eigenvalue weighted by Crippen LogP contribution is 2.16. The van der Waals surface area contributed by atoms with E-state index in [1.54, 1.807) is 29.2 Å². The highest BCUT2D eigenvalue weighted by atomic mass is 32.2. The number of carbonyl (C=O) groups is 1. The number of hydrogen-bond acceptors (Lipinski definition) is 5. The summed E-state index contributed by atoms with van der Waals surface area (Å²) in [6.07, 6.45) is 7.22. The zero-order chi connectivity index (χ0) is 16.8. The Balaban J connectivity index is 1.57. The molecule has 0 unspecified atom stereocenters. The van der Waals surface area contributed by atoms with Crippen LogP contribution in [-0.2, 0) is 6.54 Å². The van der Waals surface area contributed by atoms with E-state index in [9.17, 15) is 4.79 Å². The van der Waals surface area contributed by atoms with Crippen molar-refractivity contribution < 1.29 is 4.79 Å². The Bertz CT molecular complexity index is 819. The number of carbonyl (C=O) groups excluding carboxylic acids is 1. The van der Waals surface area contributed by atoms with Crippen molar-refractivity contribution >= 4 is 17.7 Å². The van der Waals surface area contributed by atoms with E-state index in [1.807, 2.05) is 36.7 Å². The SMILES string of the molecule is CSc1ncccc1C(=O)NCCn1ccc(-c2ccccn2)n1. The first kappa shape index (κ1) is 16.2. The van der Waals surface area contributed by atoms with E-state index in [2.05, 4.69) is 20.4 Å². The molecule has 0 aliphatic carbocycles. The van der Waals surface area contributed by atoms with E-state index in [4.69, 9.17) is 0 Å². The summed E-state index contributed by atoms with van der Waals surface area (Å²) >= 11 is 1.46. The zero-order valence-electron chi connectivity index (χ0n) is 13.2. The van der Waals surface area contributed by atoms with E-state index in [-0.39, 0.29) is 5.91 Å². The summed E-state index contributed by atoms with van der Waals surface area (Å²) in [5.74, 6) is -0.121. The molecule has 0 aliphatic rings. The van der Waals surface area contributed by atoms with Gasteiger partial charge in [0.1, 0.15) is 10.7 Å². The molecular weight excluding hydrogens is 322 g/mol. The predicted molar refractivity (Wildman–Crippen MR) is 93.8 cm³/mol. The van der Waals surface area contributed by atoms with Crippen LogP contribution in [0, 0.1) is 0 Å². The molecule has 0 radical (unpaired) electrons. The maximum absolute atomic E-state index is 12.2. The molecule has 0 saturated carbocycles. The first-order valence-electron chi connectivity index (χ1n) is 7.50. The van der Waals surface area contributed by atoms with Gasteiger partial charge in [0.05, 0.1) is 17.8 Å². The maximum atomic E-state index is 12.2. The number of thioether (sulfide) groups is 1. The molecule has 7 heteroatoms. The fraction of sp³-hybridized carbons (Fsp3) is 0.176. The van der Waals surface area contributed by atoms with Gasteiger partial charge in [-0.15, -0.1) is 11.8 Å². The summed E-state index contributed by atoms with van der Waals surface area (Å²) in [5.41, 5.74) is 2.25. The van der Waals surface area contributed by atoms with Gasteiger partial charge in [0.25, 0.3) is 5.91 Å². The molecule has 6 nitrogen and oxygen atoms in total. The molecule has 0 aromatic carbocycles. The van der Waals surface area contributed by atoms with Crippen LogP contribution in [0.15, 0.2) is 60.0 Å². The third kappa shape index (κ3) is 3.80. The monoisotopic (exact) mass is 339 g/mol. The summed E-state index contributed by atoms with van der Waals surface area (Å²) in [6, 6.07) is 11.2. The van der Waals surface area contributed by atoms with E-state index in [0.717, 1.165) is 16.4 Å². The predicted octanol–water partition coefficient (Wildman–Crippen LogP) is 2.49. The molecular formula is C17H17N5OS. The van der Waals surface area contributed by atoms with Gasteiger partial charge in [0, 0.05) is 25.1 Å². The van der Waals surface area contributed by atoms with Crippen LogP contribution in [0.25, 0.3) is 11.4 Å². The number of amides is 1. The van der Waals surface area contributed by atoms with Crippen LogP contribution in [0.1, 0.15) is 10.4 Å². The van der Waals surface area contributed by atoms with Crippen LogP contribution >= 0.6 is 11.8 Å². The average Bonchev–Trinajstić information content (AvgIpc) is 3.11. The van der Waals surface area contributed by atoms with Gasteiger partial charge in [-0.25, -0.2) is 4.98 Å². The summed E-state index contributed by atoms with van der Waals surface area (Å²) in [7, 11) is 0. The van der Waals surface area contributed by atoms with Crippen molar-refractivity contribution in [1.29, 1.82) is 0 Å². The Kier molecular flexibility index (Phi) is 5.22. The van der Waals surface area contributed by atoms with E-state index >= 15 is 0 Å². The van der Waals surface area contributed by atoms with Crippen LogP contribution in [0.4, 0.5) is 0 Å². The lowest BCUT2D eigenvalue weighted by Crippen LogP contribution is -2.28. The van der Waals surface area contributed by atoms with Gasteiger partial charge in [-0.05, 0) is 36.6 Å². The number of pyridine rings is 2. The van der Waals surface area contributed by atoms with Gasteiger partial charge < -0.3 is 5.32 Å². The van der Waals surface area contributed by atoms with Gasteiger partial charge in [0.2, 0.25) is 0 Å². The van der Waals surface area contributed by atoms with Crippen LogP contribution in [0.3, 0.4) is 0 Å². The molecule has 122 valence electrons. The summed E-state index contributed by atoms with van der Waals surface area (Å²) in [4.78, 5) is 20.7. The fourth-order valence-electron chi connectivity index (χ4n) is 2.24. The highest BCUT2D eigenvalue weighted by Gasteiger charge is 2.11. The maximum Gasteiger partial charge on any atom is 0.254 e. The number of hydrogen-bond donors (Lipinski definition) is 1. The third-order valence-corrected chi connectivity index (χ3v) is 4.12. The molecule has 0 fully saturated rings. The minimum atomic E-state index is -0.121. The highest BCUT2D eigenvalue weighted by molar-refractivity contribution is 7.98. The van der Waals surface area contributed by atoms with Crippen molar-refractivity contribution in [1.82, 2.24) is 25.1 Å². The van der Waals surface area contributed by atoms with Gasteiger partial charge in [-0.1, -0.05) is 6.07 Å². The average molecular weight is 339 g/mol. The molecule has 3 aromatic heterocycles. The Morgan fingerprint density at radius 3 is 2.79 bits per heavy atom. The number of nitrogens with zero attached hydrogens (tertiary/aromatic N) is 4. The van der Waals surface area contributed by atoms with Gasteiger partial charge in [0.15, 0.2) is 0 Å². The zero-order valence-corrected chi connectivity index (χ0v) is 14.0. The molecule has 0 bridgehead atoms. The quantitative estimate of drug-likeness (QED) is 0.699. The van der Waals surface area contributed by atoms with Crippen molar-refractivity contribution in [2.75, 3.05) is 12.8 Å². The lowest BCUT2D eigenvalue weighted by atomic mass is 10.2. The second-order valence-electron chi connectivity index (χ2n) is 5.00. The van der Waals surface area contributed by atoms with E-state index < -0.39 is 0 Å². The largest absolute Gasteiger partial charge is 0.350 e. The van der Waals surface area contributed by atoms with Crippen LogP contribution in [0.2, 0.25) is 0 Å². The van der Waals surface area contributed by atoms with Gasteiger partial charge >= 0.3 is 0 Å². The first-order chi connectivity index (χ1) is 11.8. The lowest BCUT2D eigenvalue weighted by molar-refractivity contribution is 0.0948. The topological polar surface area (TPSA) is 72.7 Å². The summed E-state index contributed by atoms with van der Waals surface area (Å²) < 4.78 is 1.79. The second kappa shape index (κ2) is 7.74. The van der Waals surface area contributed by atoms with Crippen molar-refractivity contribution in [3.05, 3.63) is 60.6 Å². The van der Waals surface area contributed by atoms with Gasteiger partial charge in [-0.2, -0.15) is 5.10 Å². The smallest absolute Gasteiger partial charge is 0.254 e. The molecule has 1 amide bonds. The standard InChI is InChI=1S/C17H17N5OS/c1-24-17-13(5-4-9-20-17)16(23)19-10-12-22-11-7-15(21-22)14-6-2-3-8-18-14/h2-9,11H,10,12H2,1H3,(H,19,23). The van der Waals surface area contributed by atoms with Gasteiger partial charge in [-0.3, -0.25) is 14.5 Å². The molecule has 3 heterocycles. The minimum Gasteiger partial charge on any atom is -0.350 e. The Morgan fingerprint density at radius 1 is 1.12 bits per heavy atom. The van der Waals surface area contributed by atoms with E-state index in [1.165, 1.54) is 11.8 Å². The summed E-state index contributed by atoms with van der Waals surface area (Å²) in [5, 5.41) is 8.10. The molecule has 0 atom stereocenters. The fourth-order valence-corrected chi connectivity index (χ4v) is 2.79. The summed E-state index contributed by atoms with van der Waals surface area (Å²) in [6.45, 7) is 1.08. The van der Waals surface area contributed by atoms with Crippen LogP contribution in [0.5, 0.6) is 0 Å². The molecule has 3 aromatic rings. The number of rotatable bonds is 6. The second-order valence-corrected chi connectivity index (χ2v) is 5.79. The van der Waals surface area contributed by atoms with Crippen LogP contribution < -0.4 is 5.32 Å². The molecule has 1 N–H and O–H groups in total. The van der Waals surface area contributed by atoms with Crippen molar-refractivity contribution in [3.8, 4) is 11.4 Å². The van der Waals surface area contributed by atoms with E-state index in [0.29, 0.717) is 18.7 Å². The molecule has 24 heavy (non-hydrogen) atoms. The molecule has 0 aliphatic heterocycles. The normalized spacial score (nSPS) is 10.5. The molecule has 0 saturated heterocycles. The lowest BCUT2D eigenvalue weighted by Gasteiger charge is -2.07. The Hall–Kier alpha value is -2.67. The Morgan fingerprint density at radius 2 is 2.00 bits per heavy atom. The number of aromatic nitrogens is 4. The molecule has 3 rings (SSSR count). The van der Waals surface area contributed by atoms with Crippen molar-refractivity contribution in [3.63, 3.8) is 0 Å². The minimum absolute atomic E-state index is 0.121. The molecule has 0 spiro atoms. The third-order valence-electron chi connectivity index (χ3n) is 3.40.